The zero-order valence-corrected chi connectivity index (χ0v) is 12.1. The van der Waals surface area contributed by atoms with Crippen LogP contribution in [0.15, 0.2) is 0 Å². The van der Waals surface area contributed by atoms with E-state index in [0.29, 0.717) is 19.6 Å². The van der Waals surface area contributed by atoms with Crippen LogP contribution in [0.2, 0.25) is 0 Å². The summed E-state index contributed by atoms with van der Waals surface area (Å²) in [5.74, 6) is -0.148. The van der Waals surface area contributed by atoms with Crippen LogP contribution < -0.4 is 11.1 Å². The first-order chi connectivity index (χ1) is 8.85. The lowest BCUT2D eigenvalue weighted by atomic mass is 9.97. The van der Waals surface area contributed by atoms with Gasteiger partial charge in [-0.25, -0.2) is 4.79 Å². The molecule has 0 aromatic heterocycles. The van der Waals surface area contributed by atoms with Crippen molar-refractivity contribution in [3.8, 4) is 0 Å². The molecule has 0 spiro atoms. The number of carbonyl (C=O) groups excluding carboxylic acids is 2. The van der Waals surface area contributed by atoms with E-state index >= 15 is 0 Å². The van der Waals surface area contributed by atoms with Gasteiger partial charge in [-0.3, -0.25) is 4.79 Å². The molecule has 0 aromatic carbocycles. The highest BCUT2D eigenvalue weighted by atomic mass is 16.5. The highest BCUT2D eigenvalue weighted by Crippen LogP contribution is 2.17. The first kappa shape index (κ1) is 15.8. The lowest BCUT2D eigenvalue weighted by Crippen LogP contribution is -2.47. The van der Waals surface area contributed by atoms with E-state index in [1.807, 2.05) is 13.8 Å². The summed E-state index contributed by atoms with van der Waals surface area (Å²) >= 11 is 0. The molecular formula is C13H25N3O3. The number of urea groups is 1. The highest BCUT2D eigenvalue weighted by Gasteiger charge is 2.27. The van der Waals surface area contributed by atoms with E-state index in [1.54, 1.807) is 7.11 Å². The van der Waals surface area contributed by atoms with Gasteiger partial charge in [-0.05, 0) is 33.1 Å². The summed E-state index contributed by atoms with van der Waals surface area (Å²) in [7, 11) is 1.66. The highest BCUT2D eigenvalue weighted by molar-refractivity contribution is 5.80. The normalized spacial score (nSPS) is 20.2. The Kier molecular flexibility index (Phi) is 5.60. The third kappa shape index (κ3) is 5.06. The van der Waals surface area contributed by atoms with E-state index in [1.165, 1.54) is 4.90 Å². The molecule has 3 amide bonds. The molecule has 1 aliphatic rings. The fourth-order valence-electron chi connectivity index (χ4n) is 2.12. The van der Waals surface area contributed by atoms with Gasteiger partial charge in [0.2, 0.25) is 5.91 Å². The van der Waals surface area contributed by atoms with Crippen molar-refractivity contribution in [1.82, 2.24) is 10.2 Å². The first-order valence-electron chi connectivity index (χ1n) is 6.73. The Labute approximate surface area is 114 Å². The summed E-state index contributed by atoms with van der Waals surface area (Å²) in [5, 5.41) is 2.90. The van der Waals surface area contributed by atoms with E-state index in [4.69, 9.17) is 10.5 Å². The maximum atomic E-state index is 12.0. The van der Waals surface area contributed by atoms with Crippen molar-refractivity contribution in [3.05, 3.63) is 0 Å². The molecule has 19 heavy (non-hydrogen) atoms. The summed E-state index contributed by atoms with van der Waals surface area (Å²) in [5.41, 5.74) is 5.01. The van der Waals surface area contributed by atoms with Gasteiger partial charge in [0.05, 0.1) is 11.5 Å². The molecule has 1 fully saturated rings. The SMILES string of the molecule is COC(C)(C)CCNC(=O)C1CCCN(C(N)=O)C1. The quantitative estimate of drug-likeness (QED) is 0.772. The summed E-state index contributed by atoms with van der Waals surface area (Å²) < 4.78 is 5.29. The van der Waals surface area contributed by atoms with Crippen LogP contribution in [0.5, 0.6) is 0 Å². The number of ether oxygens (including phenoxy) is 1. The summed E-state index contributed by atoms with van der Waals surface area (Å²) in [6.45, 7) is 5.61. The number of methoxy groups -OCH3 is 1. The zero-order valence-electron chi connectivity index (χ0n) is 12.1. The predicted molar refractivity (Wildman–Crippen MR) is 72.6 cm³/mol. The molecule has 0 saturated carbocycles. The minimum atomic E-state index is -0.446. The molecule has 6 nitrogen and oxygen atoms in total. The smallest absolute Gasteiger partial charge is 0.314 e. The second-order valence-electron chi connectivity index (χ2n) is 5.63. The number of amides is 3. The minimum absolute atomic E-state index is 0.00199. The van der Waals surface area contributed by atoms with Gasteiger partial charge in [-0.15, -0.1) is 0 Å². The van der Waals surface area contributed by atoms with Crippen molar-refractivity contribution in [2.75, 3.05) is 26.7 Å². The van der Waals surface area contributed by atoms with Crippen molar-refractivity contribution in [2.24, 2.45) is 11.7 Å². The number of nitrogens with zero attached hydrogens (tertiary/aromatic N) is 1. The molecule has 1 rings (SSSR count). The molecule has 6 heteroatoms. The number of piperidine rings is 1. The largest absolute Gasteiger partial charge is 0.379 e. The van der Waals surface area contributed by atoms with Crippen LogP contribution in [0.4, 0.5) is 4.79 Å². The second-order valence-corrected chi connectivity index (χ2v) is 5.63. The Hall–Kier alpha value is -1.30. The Morgan fingerprint density at radius 3 is 2.74 bits per heavy atom. The number of nitrogens with one attached hydrogen (secondary N) is 1. The Bertz CT molecular complexity index is 331. The number of rotatable bonds is 5. The molecule has 0 aromatic rings. The molecule has 1 atom stereocenters. The molecule has 1 aliphatic heterocycles. The molecule has 0 aliphatic carbocycles. The van der Waals surface area contributed by atoms with Crippen molar-refractivity contribution in [2.45, 2.75) is 38.7 Å². The number of primary amides is 1. The monoisotopic (exact) mass is 271 g/mol. The average Bonchev–Trinajstić information content (AvgIpc) is 2.38. The minimum Gasteiger partial charge on any atom is -0.379 e. The first-order valence-corrected chi connectivity index (χ1v) is 6.73. The summed E-state index contributed by atoms with van der Waals surface area (Å²) in [4.78, 5) is 24.7. The molecule has 1 heterocycles. The van der Waals surface area contributed by atoms with Crippen LogP contribution in [0.3, 0.4) is 0 Å². The number of hydrogen-bond donors (Lipinski definition) is 2. The molecule has 1 saturated heterocycles. The van der Waals surface area contributed by atoms with Crippen LogP contribution >= 0.6 is 0 Å². The summed E-state index contributed by atoms with van der Waals surface area (Å²) in [6, 6.07) is -0.446. The van der Waals surface area contributed by atoms with Gasteiger partial charge in [0.25, 0.3) is 0 Å². The lowest BCUT2D eigenvalue weighted by molar-refractivity contribution is -0.126. The predicted octanol–water partition coefficient (Wildman–Crippen LogP) is 0.708. The van der Waals surface area contributed by atoms with Gasteiger partial charge in [0, 0.05) is 26.7 Å². The van der Waals surface area contributed by atoms with E-state index in [2.05, 4.69) is 5.32 Å². The molecular weight excluding hydrogens is 246 g/mol. The number of hydrogen-bond acceptors (Lipinski definition) is 3. The van der Waals surface area contributed by atoms with E-state index in [9.17, 15) is 9.59 Å². The van der Waals surface area contributed by atoms with E-state index in [0.717, 1.165) is 19.3 Å². The fraction of sp³-hybridized carbons (Fsp3) is 0.846. The molecule has 0 radical (unpaired) electrons. The van der Waals surface area contributed by atoms with Crippen molar-refractivity contribution < 1.29 is 14.3 Å². The van der Waals surface area contributed by atoms with E-state index in [-0.39, 0.29) is 17.4 Å². The van der Waals surface area contributed by atoms with Crippen LogP contribution in [0, 0.1) is 5.92 Å². The maximum Gasteiger partial charge on any atom is 0.314 e. The van der Waals surface area contributed by atoms with Gasteiger partial charge in [0.1, 0.15) is 0 Å². The molecule has 110 valence electrons. The molecule has 3 N–H and O–H groups in total. The van der Waals surface area contributed by atoms with Gasteiger partial charge in [-0.2, -0.15) is 0 Å². The third-order valence-electron chi connectivity index (χ3n) is 3.68. The molecule has 1 unspecified atom stereocenters. The van der Waals surface area contributed by atoms with Crippen LogP contribution in [-0.2, 0) is 9.53 Å². The maximum absolute atomic E-state index is 12.0. The van der Waals surface area contributed by atoms with Gasteiger partial charge >= 0.3 is 6.03 Å². The number of carbonyl (C=O) groups is 2. The second kappa shape index (κ2) is 6.75. The number of likely N-dealkylation sites (tertiary alicyclic amines) is 1. The van der Waals surface area contributed by atoms with E-state index < -0.39 is 6.03 Å². The van der Waals surface area contributed by atoms with Crippen molar-refractivity contribution in [1.29, 1.82) is 0 Å². The van der Waals surface area contributed by atoms with Crippen molar-refractivity contribution in [3.63, 3.8) is 0 Å². The summed E-state index contributed by atoms with van der Waals surface area (Å²) in [6.07, 6.45) is 2.38. The lowest BCUT2D eigenvalue weighted by Gasteiger charge is -2.31. The topological polar surface area (TPSA) is 84.7 Å². The van der Waals surface area contributed by atoms with Crippen molar-refractivity contribution >= 4 is 11.9 Å². The Morgan fingerprint density at radius 2 is 2.16 bits per heavy atom. The Balaban J connectivity index is 2.35. The molecule has 0 bridgehead atoms. The van der Waals surface area contributed by atoms with Crippen LogP contribution in [0.1, 0.15) is 33.1 Å². The van der Waals surface area contributed by atoms with Crippen LogP contribution in [0.25, 0.3) is 0 Å². The average molecular weight is 271 g/mol. The third-order valence-corrected chi connectivity index (χ3v) is 3.68. The van der Waals surface area contributed by atoms with Gasteiger partial charge < -0.3 is 20.7 Å². The number of nitrogens with two attached hydrogens (primary N) is 1. The fourth-order valence-corrected chi connectivity index (χ4v) is 2.12. The Morgan fingerprint density at radius 1 is 1.47 bits per heavy atom. The van der Waals surface area contributed by atoms with Gasteiger partial charge in [-0.1, -0.05) is 0 Å². The van der Waals surface area contributed by atoms with Crippen LogP contribution in [-0.4, -0.2) is 49.2 Å². The standard InChI is InChI=1S/C13H25N3O3/c1-13(2,19-3)6-7-15-11(17)10-5-4-8-16(9-10)12(14)18/h10H,4-9H2,1-3H3,(H2,14,18)(H,15,17). The zero-order chi connectivity index (χ0) is 14.5. The van der Waals surface area contributed by atoms with Gasteiger partial charge in [0.15, 0.2) is 0 Å².